The molecule has 0 unspecified atom stereocenters. The second kappa shape index (κ2) is 10.2. The minimum atomic E-state index is -3.87. The van der Waals surface area contributed by atoms with Crippen LogP contribution < -0.4 is 10.2 Å². The summed E-state index contributed by atoms with van der Waals surface area (Å²) in [6.07, 6.45) is 2.72. The lowest BCUT2D eigenvalue weighted by Gasteiger charge is -2.32. The fourth-order valence-electron chi connectivity index (χ4n) is 4.12. The second-order valence-corrected chi connectivity index (χ2v) is 10.6. The number of morpholine rings is 1. The zero-order valence-corrected chi connectivity index (χ0v) is 19.5. The van der Waals surface area contributed by atoms with Crippen molar-refractivity contribution in [3.8, 4) is 0 Å². The fourth-order valence-corrected chi connectivity index (χ4v) is 5.55. The molecule has 1 aliphatic carbocycles. The van der Waals surface area contributed by atoms with E-state index in [1.54, 1.807) is 4.90 Å². The number of ether oxygens (including phenoxy) is 2. The van der Waals surface area contributed by atoms with Crippen LogP contribution in [-0.4, -0.2) is 81.6 Å². The van der Waals surface area contributed by atoms with Gasteiger partial charge in [0.05, 0.1) is 29.0 Å². The van der Waals surface area contributed by atoms with Crippen LogP contribution in [-0.2, 0) is 29.1 Å². The molecule has 0 radical (unpaired) electrons. The van der Waals surface area contributed by atoms with Gasteiger partial charge in [0.25, 0.3) is 11.6 Å². The predicted octanol–water partition coefficient (Wildman–Crippen LogP) is 0.654. The average Bonchev–Trinajstić information content (AvgIpc) is 3.66. The highest BCUT2D eigenvalue weighted by Gasteiger charge is 2.33. The van der Waals surface area contributed by atoms with Crippen LogP contribution >= 0.6 is 0 Å². The summed E-state index contributed by atoms with van der Waals surface area (Å²) in [5.41, 5.74) is 0.00802. The quantitative estimate of drug-likeness (QED) is 0.311. The van der Waals surface area contributed by atoms with Crippen molar-refractivity contribution in [2.45, 2.75) is 36.6 Å². The van der Waals surface area contributed by atoms with Gasteiger partial charge < -0.3 is 19.7 Å². The number of esters is 1. The van der Waals surface area contributed by atoms with Gasteiger partial charge in [-0.1, -0.05) is 0 Å². The number of benzene rings is 1. The smallest absolute Gasteiger partial charge is 0.309 e. The third-order valence-electron chi connectivity index (χ3n) is 6.21. The molecule has 186 valence electrons. The third-order valence-corrected chi connectivity index (χ3v) is 8.10. The van der Waals surface area contributed by atoms with Crippen LogP contribution in [0.3, 0.4) is 0 Å². The molecule has 0 aromatic heterocycles. The Hall–Kier alpha value is -2.77. The molecule has 2 saturated heterocycles. The zero-order valence-electron chi connectivity index (χ0n) is 18.7. The Kier molecular flexibility index (Phi) is 7.33. The van der Waals surface area contributed by atoms with Crippen LogP contribution in [0.15, 0.2) is 23.1 Å². The molecule has 1 amide bonds. The number of nitro groups is 1. The maximum atomic E-state index is 12.9. The molecule has 1 aromatic rings. The normalized spacial score (nSPS) is 20.1. The van der Waals surface area contributed by atoms with Crippen LogP contribution in [0.4, 0.5) is 11.4 Å². The Morgan fingerprint density at radius 1 is 1.12 bits per heavy atom. The van der Waals surface area contributed by atoms with Gasteiger partial charge in [-0.25, -0.2) is 8.42 Å². The lowest BCUT2D eigenvalue weighted by molar-refractivity contribution is -0.384. The van der Waals surface area contributed by atoms with E-state index in [2.05, 4.69) is 5.32 Å². The lowest BCUT2D eigenvalue weighted by atomic mass is 9.96. The monoisotopic (exact) mass is 496 g/mol. The number of hydrogen-bond donors (Lipinski definition) is 1. The molecule has 0 atom stereocenters. The molecule has 12 nitrogen and oxygen atoms in total. The van der Waals surface area contributed by atoms with Gasteiger partial charge in [0, 0.05) is 38.3 Å². The van der Waals surface area contributed by atoms with E-state index >= 15 is 0 Å². The van der Waals surface area contributed by atoms with E-state index in [0.29, 0.717) is 31.6 Å². The second-order valence-electron chi connectivity index (χ2n) is 8.63. The van der Waals surface area contributed by atoms with E-state index in [-0.39, 0.29) is 55.4 Å². The van der Waals surface area contributed by atoms with Crippen LogP contribution in [0.1, 0.15) is 25.7 Å². The van der Waals surface area contributed by atoms with Gasteiger partial charge in [0.1, 0.15) is 5.69 Å². The molecular formula is C21H28N4O8S. The van der Waals surface area contributed by atoms with Gasteiger partial charge in [-0.05, 0) is 37.8 Å². The summed E-state index contributed by atoms with van der Waals surface area (Å²) in [4.78, 5) is 36.8. The summed E-state index contributed by atoms with van der Waals surface area (Å²) >= 11 is 0. The molecule has 2 heterocycles. The Morgan fingerprint density at radius 3 is 2.41 bits per heavy atom. The van der Waals surface area contributed by atoms with Crippen LogP contribution in [0, 0.1) is 16.0 Å². The average molecular weight is 497 g/mol. The number of nitrogens with one attached hydrogen (secondary N) is 1. The number of sulfonamides is 1. The van der Waals surface area contributed by atoms with Gasteiger partial charge in [-0.2, -0.15) is 4.31 Å². The molecule has 3 aliphatic rings. The Balaban J connectivity index is 1.38. The van der Waals surface area contributed by atoms with E-state index in [0.717, 1.165) is 18.9 Å². The Morgan fingerprint density at radius 2 is 1.79 bits per heavy atom. The van der Waals surface area contributed by atoms with E-state index in [1.165, 1.54) is 16.4 Å². The lowest BCUT2D eigenvalue weighted by Crippen LogP contribution is -2.40. The number of rotatable bonds is 8. The first kappa shape index (κ1) is 24.4. The maximum Gasteiger partial charge on any atom is 0.309 e. The minimum Gasteiger partial charge on any atom is -0.455 e. The highest BCUT2D eigenvalue weighted by molar-refractivity contribution is 7.89. The highest BCUT2D eigenvalue weighted by Crippen LogP contribution is 2.34. The van der Waals surface area contributed by atoms with Crippen molar-refractivity contribution in [3.63, 3.8) is 0 Å². The highest BCUT2D eigenvalue weighted by atomic mass is 32.2. The third kappa shape index (κ3) is 5.65. The number of hydrogen-bond acceptors (Lipinski definition) is 9. The van der Waals surface area contributed by atoms with E-state index < -0.39 is 26.8 Å². The number of nitro benzene ring substituents is 1. The molecule has 34 heavy (non-hydrogen) atoms. The van der Waals surface area contributed by atoms with Gasteiger partial charge in [0.2, 0.25) is 10.0 Å². The molecule has 3 fully saturated rings. The topological polar surface area (TPSA) is 148 Å². The molecule has 2 aliphatic heterocycles. The Labute approximate surface area is 197 Å². The number of piperidine rings is 1. The molecular weight excluding hydrogens is 468 g/mol. The van der Waals surface area contributed by atoms with Crippen molar-refractivity contribution in [1.29, 1.82) is 0 Å². The van der Waals surface area contributed by atoms with Crippen molar-refractivity contribution in [3.05, 3.63) is 28.3 Å². The number of anilines is 1. The molecule has 1 saturated carbocycles. The van der Waals surface area contributed by atoms with E-state index in [9.17, 15) is 28.1 Å². The minimum absolute atomic E-state index is 0.132. The van der Waals surface area contributed by atoms with Crippen molar-refractivity contribution in [1.82, 2.24) is 9.62 Å². The summed E-state index contributed by atoms with van der Waals surface area (Å²) in [5, 5.41) is 14.5. The molecule has 1 N–H and O–H groups in total. The standard InChI is InChI=1S/C21H28N4O8S/c26-20(22-16-1-2-16)14-33-21(27)15-5-7-23(8-6-15)18-4-3-17(13-19(18)25(28)29)34(30,31)24-9-11-32-12-10-24/h3-4,13,15-16H,1-2,5-12,14H2,(H,22,26). The van der Waals surface area contributed by atoms with E-state index in [4.69, 9.17) is 9.47 Å². The fraction of sp³-hybridized carbons (Fsp3) is 0.619. The van der Waals surface area contributed by atoms with Crippen molar-refractivity contribution < 1.29 is 32.4 Å². The molecule has 4 rings (SSSR count). The summed E-state index contributed by atoms with van der Waals surface area (Å²) in [6, 6.07) is 4.12. The molecule has 13 heteroatoms. The van der Waals surface area contributed by atoms with Crippen LogP contribution in [0.25, 0.3) is 0 Å². The number of amides is 1. The number of carbonyl (C=O) groups is 2. The van der Waals surface area contributed by atoms with Crippen LogP contribution in [0.2, 0.25) is 0 Å². The summed E-state index contributed by atoms with van der Waals surface area (Å²) in [5.74, 6) is -1.16. The SMILES string of the molecule is O=C(COC(=O)C1CCN(c2ccc(S(=O)(=O)N3CCOCC3)cc2[N+](=O)[O-])CC1)NC1CC1. The summed E-state index contributed by atoms with van der Waals surface area (Å²) in [7, 11) is -3.87. The van der Waals surface area contributed by atoms with Crippen molar-refractivity contribution in [2.75, 3.05) is 50.9 Å². The first-order valence-electron chi connectivity index (χ1n) is 11.3. The first-order chi connectivity index (χ1) is 16.3. The predicted molar refractivity (Wildman–Crippen MR) is 120 cm³/mol. The largest absolute Gasteiger partial charge is 0.455 e. The summed E-state index contributed by atoms with van der Waals surface area (Å²) in [6.45, 7) is 1.38. The van der Waals surface area contributed by atoms with Crippen molar-refractivity contribution in [2.24, 2.45) is 5.92 Å². The van der Waals surface area contributed by atoms with E-state index in [1.807, 2.05) is 0 Å². The molecule has 1 aromatic carbocycles. The molecule has 0 bridgehead atoms. The Bertz CT molecular complexity index is 1040. The van der Waals surface area contributed by atoms with Gasteiger partial charge in [-0.15, -0.1) is 0 Å². The first-order valence-corrected chi connectivity index (χ1v) is 12.8. The van der Waals surface area contributed by atoms with Gasteiger partial charge in [-0.3, -0.25) is 19.7 Å². The van der Waals surface area contributed by atoms with Crippen molar-refractivity contribution >= 4 is 33.3 Å². The van der Waals surface area contributed by atoms with Crippen LogP contribution in [0.5, 0.6) is 0 Å². The number of carbonyl (C=O) groups excluding carboxylic acids is 2. The van der Waals surface area contributed by atoms with Gasteiger partial charge in [0.15, 0.2) is 6.61 Å². The van der Waals surface area contributed by atoms with Gasteiger partial charge >= 0.3 is 5.97 Å². The maximum absolute atomic E-state index is 12.9. The zero-order chi connectivity index (χ0) is 24.3. The number of nitrogens with zero attached hydrogens (tertiary/aromatic N) is 3. The summed E-state index contributed by atoms with van der Waals surface area (Å²) < 4.78 is 37.4. The molecule has 0 spiro atoms.